The SMILES string of the molecule is O=C(CN1CCC(c2cc(-c3ccc(F)cc3)nn2-c2ncccn2)CC1)c1ccccc1. The minimum absolute atomic E-state index is 0.148. The van der Waals surface area contributed by atoms with Gasteiger partial charge in [0.2, 0.25) is 0 Å². The molecule has 1 fully saturated rings. The van der Waals surface area contributed by atoms with Gasteiger partial charge >= 0.3 is 0 Å². The topological polar surface area (TPSA) is 63.9 Å². The van der Waals surface area contributed by atoms with Crippen molar-refractivity contribution in [2.24, 2.45) is 0 Å². The second-order valence-corrected chi connectivity index (χ2v) is 8.26. The Labute approximate surface area is 191 Å². The number of ketones is 1. The third kappa shape index (κ3) is 4.73. The van der Waals surface area contributed by atoms with Crippen LogP contribution in [-0.2, 0) is 0 Å². The van der Waals surface area contributed by atoms with Crippen molar-refractivity contribution in [3.05, 3.63) is 96.2 Å². The molecule has 0 aliphatic carbocycles. The standard InChI is InChI=1S/C26H24FN5O/c27-22-9-7-19(8-10-22)23-17-24(32(30-23)26-28-13-4-14-29-26)20-11-15-31(16-12-20)18-25(33)21-5-2-1-3-6-21/h1-10,13-14,17,20H,11-12,15-16,18H2. The van der Waals surface area contributed by atoms with E-state index in [0.29, 0.717) is 12.5 Å². The molecule has 33 heavy (non-hydrogen) atoms. The summed E-state index contributed by atoms with van der Waals surface area (Å²) in [5.74, 6) is 0.652. The van der Waals surface area contributed by atoms with Crippen molar-refractivity contribution < 1.29 is 9.18 Å². The second-order valence-electron chi connectivity index (χ2n) is 8.26. The fourth-order valence-electron chi connectivity index (χ4n) is 4.31. The summed E-state index contributed by atoms with van der Waals surface area (Å²) in [6.07, 6.45) is 5.21. The number of halogens is 1. The first kappa shape index (κ1) is 21.2. The molecule has 0 spiro atoms. The molecule has 1 aliphatic heterocycles. The highest BCUT2D eigenvalue weighted by molar-refractivity contribution is 5.97. The summed E-state index contributed by atoms with van der Waals surface area (Å²) in [4.78, 5) is 23.6. The molecule has 0 saturated carbocycles. The molecule has 2 aromatic heterocycles. The summed E-state index contributed by atoms with van der Waals surface area (Å²) >= 11 is 0. The van der Waals surface area contributed by atoms with E-state index in [4.69, 9.17) is 5.10 Å². The van der Waals surface area contributed by atoms with Gasteiger partial charge in [-0.15, -0.1) is 0 Å². The second kappa shape index (κ2) is 9.42. The number of nitrogens with zero attached hydrogens (tertiary/aromatic N) is 5. The van der Waals surface area contributed by atoms with E-state index in [0.717, 1.165) is 48.4 Å². The van der Waals surface area contributed by atoms with Gasteiger partial charge in [-0.25, -0.2) is 19.0 Å². The number of rotatable bonds is 6. The average molecular weight is 442 g/mol. The van der Waals surface area contributed by atoms with E-state index in [9.17, 15) is 9.18 Å². The van der Waals surface area contributed by atoms with E-state index >= 15 is 0 Å². The van der Waals surface area contributed by atoms with Crippen molar-refractivity contribution in [1.82, 2.24) is 24.6 Å². The van der Waals surface area contributed by atoms with Gasteiger partial charge < -0.3 is 0 Å². The van der Waals surface area contributed by atoms with Crippen LogP contribution >= 0.6 is 0 Å². The molecule has 3 heterocycles. The summed E-state index contributed by atoms with van der Waals surface area (Å²) in [5.41, 5.74) is 3.40. The Kier molecular flexibility index (Phi) is 6.04. The minimum atomic E-state index is -0.276. The van der Waals surface area contributed by atoms with Crippen molar-refractivity contribution >= 4 is 5.78 Å². The number of carbonyl (C=O) groups excluding carboxylic acids is 1. The predicted octanol–water partition coefficient (Wildman–Crippen LogP) is 4.53. The quantitative estimate of drug-likeness (QED) is 0.412. The van der Waals surface area contributed by atoms with Gasteiger partial charge in [0.1, 0.15) is 5.82 Å². The molecule has 1 aliphatic rings. The molecule has 7 heteroatoms. The first-order chi connectivity index (χ1) is 16.2. The molecule has 2 aromatic carbocycles. The number of hydrogen-bond donors (Lipinski definition) is 0. The monoisotopic (exact) mass is 441 g/mol. The molecule has 5 rings (SSSR count). The zero-order chi connectivity index (χ0) is 22.6. The van der Waals surface area contributed by atoms with Gasteiger partial charge in [-0.05, 0) is 62.3 Å². The normalized spacial score (nSPS) is 14.9. The van der Waals surface area contributed by atoms with E-state index < -0.39 is 0 Å². The van der Waals surface area contributed by atoms with E-state index in [-0.39, 0.29) is 17.5 Å². The van der Waals surface area contributed by atoms with Crippen LogP contribution in [0.3, 0.4) is 0 Å². The maximum Gasteiger partial charge on any atom is 0.250 e. The predicted molar refractivity (Wildman–Crippen MR) is 124 cm³/mol. The highest BCUT2D eigenvalue weighted by Gasteiger charge is 2.27. The Morgan fingerprint density at radius 1 is 0.939 bits per heavy atom. The first-order valence-electron chi connectivity index (χ1n) is 11.1. The number of likely N-dealkylation sites (tertiary alicyclic amines) is 1. The van der Waals surface area contributed by atoms with E-state index in [1.165, 1.54) is 12.1 Å². The summed E-state index contributed by atoms with van der Waals surface area (Å²) in [6, 6.07) is 19.6. The van der Waals surface area contributed by atoms with E-state index in [1.807, 2.05) is 30.3 Å². The van der Waals surface area contributed by atoms with Crippen LogP contribution in [-0.4, -0.2) is 50.1 Å². The van der Waals surface area contributed by atoms with Crippen LogP contribution in [0.2, 0.25) is 0 Å². The van der Waals surface area contributed by atoms with Gasteiger partial charge in [0.15, 0.2) is 5.78 Å². The summed E-state index contributed by atoms with van der Waals surface area (Å²) in [5, 5.41) is 4.76. The van der Waals surface area contributed by atoms with Crippen LogP contribution in [0.1, 0.15) is 34.8 Å². The van der Waals surface area contributed by atoms with Crippen molar-refractivity contribution in [2.45, 2.75) is 18.8 Å². The van der Waals surface area contributed by atoms with Gasteiger partial charge in [0, 0.05) is 29.4 Å². The molecule has 6 nitrogen and oxygen atoms in total. The van der Waals surface area contributed by atoms with Crippen LogP contribution in [0.5, 0.6) is 0 Å². The van der Waals surface area contributed by atoms with Crippen molar-refractivity contribution in [2.75, 3.05) is 19.6 Å². The molecule has 166 valence electrons. The number of piperidine rings is 1. The maximum absolute atomic E-state index is 13.4. The Balaban J connectivity index is 1.35. The number of carbonyl (C=O) groups is 1. The first-order valence-corrected chi connectivity index (χ1v) is 11.1. The van der Waals surface area contributed by atoms with Crippen molar-refractivity contribution in [1.29, 1.82) is 0 Å². The largest absolute Gasteiger partial charge is 0.296 e. The van der Waals surface area contributed by atoms with E-state index in [2.05, 4.69) is 20.9 Å². The fraction of sp³-hybridized carbons (Fsp3) is 0.231. The molecule has 0 amide bonds. The Morgan fingerprint density at radius 3 is 2.33 bits per heavy atom. The lowest BCUT2D eigenvalue weighted by atomic mass is 9.92. The van der Waals surface area contributed by atoms with Crippen LogP contribution in [0.4, 0.5) is 4.39 Å². The van der Waals surface area contributed by atoms with Gasteiger partial charge in [0.25, 0.3) is 5.95 Å². The van der Waals surface area contributed by atoms with E-state index in [1.54, 1.807) is 35.3 Å². The number of aromatic nitrogens is 4. The smallest absolute Gasteiger partial charge is 0.250 e. The molecule has 0 N–H and O–H groups in total. The zero-order valence-corrected chi connectivity index (χ0v) is 18.1. The summed E-state index contributed by atoms with van der Waals surface area (Å²) < 4.78 is 15.2. The molecule has 0 atom stereocenters. The lowest BCUT2D eigenvalue weighted by molar-refractivity contribution is 0.0908. The van der Waals surface area contributed by atoms with Crippen molar-refractivity contribution in [3.8, 4) is 17.2 Å². The molecule has 4 aromatic rings. The lowest BCUT2D eigenvalue weighted by Crippen LogP contribution is -2.37. The third-order valence-corrected chi connectivity index (χ3v) is 6.09. The van der Waals surface area contributed by atoms with Gasteiger partial charge in [0.05, 0.1) is 17.9 Å². The Hall–Kier alpha value is -3.71. The molecule has 1 saturated heterocycles. The Morgan fingerprint density at radius 2 is 1.64 bits per heavy atom. The highest BCUT2D eigenvalue weighted by Crippen LogP contribution is 2.32. The fourth-order valence-corrected chi connectivity index (χ4v) is 4.31. The highest BCUT2D eigenvalue weighted by atomic mass is 19.1. The molecule has 0 radical (unpaired) electrons. The summed E-state index contributed by atoms with van der Waals surface area (Å²) in [6.45, 7) is 2.09. The molecular formula is C26H24FN5O. The minimum Gasteiger partial charge on any atom is -0.296 e. The van der Waals surface area contributed by atoms with Gasteiger partial charge in [-0.2, -0.15) is 5.10 Å². The molecule has 0 bridgehead atoms. The van der Waals surface area contributed by atoms with Gasteiger partial charge in [-0.3, -0.25) is 9.69 Å². The van der Waals surface area contributed by atoms with Crippen LogP contribution in [0.25, 0.3) is 17.2 Å². The van der Waals surface area contributed by atoms with Gasteiger partial charge in [-0.1, -0.05) is 30.3 Å². The van der Waals surface area contributed by atoms with Crippen molar-refractivity contribution in [3.63, 3.8) is 0 Å². The zero-order valence-electron chi connectivity index (χ0n) is 18.1. The summed E-state index contributed by atoms with van der Waals surface area (Å²) in [7, 11) is 0. The number of benzene rings is 2. The lowest BCUT2D eigenvalue weighted by Gasteiger charge is -2.31. The van der Waals surface area contributed by atoms with Crippen LogP contribution < -0.4 is 0 Å². The maximum atomic E-state index is 13.4. The number of hydrogen-bond acceptors (Lipinski definition) is 5. The number of Topliss-reactive ketones (excluding diaryl/α,β-unsaturated/α-hetero) is 1. The third-order valence-electron chi connectivity index (χ3n) is 6.09. The Bertz CT molecular complexity index is 1220. The van der Waals surface area contributed by atoms with Crippen LogP contribution in [0.15, 0.2) is 79.1 Å². The van der Waals surface area contributed by atoms with Crippen LogP contribution in [0, 0.1) is 5.82 Å². The molecule has 0 unspecified atom stereocenters. The average Bonchev–Trinajstić information content (AvgIpc) is 3.31. The molecular weight excluding hydrogens is 417 g/mol.